The molecule has 0 bridgehead atoms. The van der Waals surface area contributed by atoms with E-state index in [1.54, 1.807) is 14.2 Å². The number of methoxy groups -OCH3 is 2. The molecule has 2 fully saturated rings. The number of benzene rings is 2. The van der Waals surface area contributed by atoms with E-state index in [2.05, 4.69) is 11.0 Å². The fourth-order valence-electron chi connectivity index (χ4n) is 4.83. The van der Waals surface area contributed by atoms with Crippen molar-refractivity contribution in [1.82, 2.24) is 4.90 Å². The topological polar surface area (TPSA) is 24.9 Å². The van der Waals surface area contributed by atoms with Crippen LogP contribution in [0.1, 0.15) is 36.4 Å². The van der Waals surface area contributed by atoms with Gasteiger partial charge in [-0.25, -0.2) is 4.39 Å². The zero-order chi connectivity index (χ0) is 22.2. The Labute approximate surface area is 179 Å². The molecule has 8 heteroatoms. The molecule has 31 heavy (non-hydrogen) atoms. The number of nitrogens with zero attached hydrogens (tertiary/aromatic N) is 2. The number of anilines is 1. The van der Waals surface area contributed by atoms with Gasteiger partial charge >= 0.3 is 6.18 Å². The molecule has 0 radical (unpaired) electrons. The lowest BCUT2D eigenvalue weighted by atomic mass is 9.89. The summed E-state index contributed by atoms with van der Waals surface area (Å²) in [5, 5.41) is 0. The molecule has 168 valence electrons. The number of hydrogen-bond donors (Lipinski definition) is 0. The van der Waals surface area contributed by atoms with Crippen LogP contribution in [0.3, 0.4) is 0 Å². The van der Waals surface area contributed by atoms with Crippen molar-refractivity contribution < 1.29 is 27.0 Å². The lowest BCUT2D eigenvalue weighted by Crippen LogP contribution is -2.55. The monoisotopic (exact) mass is 438 g/mol. The minimum Gasteiger partial charge on any atom is -0.493 e. The highest BCUT2D eigenvalue weighted by molar-refractivity contribution is 5.51. The molecule has 2 atom stereocenters. The van der Waals surface area contributed by atoms with Crippen molar-refractivity contribution >= 4 is 5.69 Å². The summed E-state index contributed by atoms with van der Waals surface area (Å²) in [7, 11) is 3.22. The first-order chi connectivity index (χ1) is 14.8. The standard InChI is InChI=1S/C23H26F4N2O2/c1-30-21-9-6-15(12-22(21)31-2)20-5-3-4-17-14-28(10-11-29(17)20)16-7-8-19(24)18(13-16)23(25,26)27/h6-9,12-13,17,20H,3-5,10-11,14H2,1-2H3. The zero-order valence-corrected chi connectivity index (χ0v) is 17.6. The van der Waals surface area contributed by atoms with Crippen molar-refractivity contribution in [3.05, 3.63) is 53.3 Å². The zero-order valence-electron chi connectivity index (χ0n) is 17.6. The minimum atomic E-state index is -4.70. The van der Waals surface area contributed by atoms with Gasteiger partial charge in [-0.3, -0.25) is 4.90 Å². The summed E-state index contributed by atoms with van der Waals surface area (Å²) < 4.78 is 63.9. The van der Waals surface area contributed by atoms with Crippen LogP contribution in [0.2, 0.25) is 0 Å². The predicted molar refractivity (Wildman–Crippen MR) is 110 cm³/mol. The van der Waals surface area contributed by atoms with Crippen molar-refractivity contribution in [1.29, 1.82) is 0 Å². The summed E-state index contributed by atoms with van der Waals surface area (Å²) in [5.41, 5.74) is 0.359. The number of rotatable bonds is 4. The van der Waals surface area contributed by atoms with Gasteiger partial charge in [-0.05, 0) is 55.2 Å². The van der Waals surface area contributed by atoms with Crippen molar-refractivity contribution in [3.63, 3.8) is 0 Å². The van der Waals surface area contributed by atoms with Crippen LogP contribution in [0.5, 0.6) is 11.5 Å². The largest absolute Gasteiger partial charge is 0.493 e. The second kappa shape index (κ2) is 8.57. The highest BCUT2D eigenvalue weighted by atomic mass is 19.4. The maximum atomic E-state index is 13.7. The highest BCUT2D eigenvalue weighted by Gasteiger charge is 2.38. The predicted octanol–water partition coefficient (Wildman–Crippen LogP) is 5.28. The number of fused-ring (bicyclic) bond motifs is 1. The summed E-state index contributed by atoms with van der Waals surface area (Å²) in [6.45, 7) is 1.93. The molecule has 2 unspecified atom stereocenters. The molecule has 2 aromatic carbocycles. The molecule has 0 aromatic heterocycles. The van der Waals surface area contributed by atoms with Gasteiger partial charge in [0, 0.05) is 37.4 Å². The second-order valence-electron chi connectivity index (χ2n) is 8.06. The van der Waals surface area contributed by atoms with Gasteiger partial charge in [0.05, 0.1) is 19.8 Å². The Morgan fingerprint density at radius 2 is 1.71 bits per heavy atom. The molecular weight excluding hydrogens is 412 g/mol. The molecule has 2 aliphatic heterocycles. The van der Waals surface area contributed by atoms with E-state index in [0.29, 0.717) is 30.3 Å². The number of ether oxygens (including phenoxy) is 2. The van der Waals surface area contributed by atoms with Crippen molar-refractivity contribution in [3.8, 4) is 11.5 Å². The van der Waals surface area contributed by atoms with E-state index in [1.807, 2.05) is 17.0 Å². The van der Waals surface area contributed by atoms with Crippen LogP contribution in [0.4, 0.5) is 23.2 Å². The van der Waals surface area contributed by atoms with Gasteiger partial charge in [0.2, 0.25) is 0 Å². The maximum Gasteiger partial charge on any atom is 0.419 e. The van der Waals surface area contributed by atoms with Crippen LogP contribution >= 0.6 is 0 Å². The normalized spacial score (nSPS) is 22.2. The molecular formula is C23H26F4N2O2. The smallest absolute Gasteiger partial charge is 0.419 e. The number of hydrogen-bond acceptors (Lipinski definition) is 4. The summed E-state index contributed by atoms with van der Waals surface area (Å²) >= 11 is 0. The first-order valence-electron chi connectivity index (χ1n) is 10.4. The number of piperazine rings is 1. The molecule has 2 heterocycles. The summed E-state index contributed by atoms with van der Waals surface area (Å²) in [4.78, 5) is 4.38. The van der Waals surface area contributed by atoms with Crippen LogP contribution in [-0.4, -0.2) is 44.8 Å². The molecule has 2 saturated heterocycles. The maximum absolute atomic E-state index is 13.7. The molecule has 2 aliphatic rings. The van der Waals surface area contributed by atoms with Crippen LogP contribution in [0, 0.1) is 5.82 Å². The highest BCUT2D eigenvalue weighted by Crippen LogP contribution is 2.40. The van der Waals surface area contributed by atoms with Crippen LogP contribution in [0.25, 0.3) is 0 Å². The minimum absolute atomic E-state index is 0.222. The van der Waals surface area contributed by atoms with Gasteiger partial charge in [0.1, 0.15) is 5.82 Å². The lowest BCUT2D eigenvalue weighted by molar-refractivity contribution is -0.139. The number of piperidine rings is 1. The van der Waals surface area contributed by atoms with E-state index in [-0.39, 0.29) is 12.1 Å². The molecule has 4 nitrogen and oxygen atoms in total. The Hall–Kier alpha value is -2.48. The van der Waals surface area contributed by atoms with Crippen LogP contribution in [-0.2, 0) is 6.18 Å². The van der Waals surface area contributed by atoms with E-state index in [4.69, 9.17) is 9.47 Å². The van der Waals surface area contributed by atoms with Crippen LogP contribution < -0.4 is 14.4 Å². The molecule has 0 amide bonds. The van der Waals surface area contributed by atoms with Gasteiger partial charge in [0.25, 0.3) is 0 Å². The fraction of sp³-hybridized carbons (Fsp3) is 0.478. The molecule has 4 rings (SSSR count). The SMILES string of the molecule is COc1ccc(C2CCCC3CN(c4ccc(F)c(C(F)(F)F)c4)CCN32)cc1OC. The van der Waals surface area contributed by atoms with E-state index in [1.165, 1.54) is 6.07 Å². The first kappa shape index (κ1) is 21.7. The van der Waals surface area contributed by atoms with E-state index in [9.17, 15) is 17.6 Å². The number of alkyl halides is 3. The Morgan fingerprint density at radius 1 is 0.935 bits per heavy atom. The quantitative estimate of drug-likeness (QED) is 0.607. The Kier molecular flexibility index (Phi) is 6.01. The van der Waals surface area contributed by atoms with Crippen molar-refractivity contribution in [2.24, 2.45) is 0 Å². The van der Waals surface area contributed by atoms with Crippen molar-refractivity contribution in [2.75, 3.05) is 38.8 Å². The van der Waals surface area contributed by atoms with E-state index < -0.39 is 17.6 Å². The third-order valence-corrected chi connectivity index (χ3v) is 6.36. The summed E-state index contributed by atoms with van der Waals surface area (Å²) in [6.07, 6.45) is -1.68. The molecule has 0 saturated carbocycles. The van der Waals surface area contributed by atoms with Gasteiger partial charge in [-0.15, -0.1) is 0 Å². The molecule has 0 aliphatic carbocycles. The lowest BCUT2D eigenvalue weighted by Gasteiger charge is -2.49. The van der Waals surface area contributed by atoms with E-state index >= 15 is 0 Å². The van der Waals surface area contributed by atoms with Gasteiger partial charge < -0.3 is 14.4 Å². The molecule has 0 N–H and O–H groups in total. The van der Waals surface area contributed by atoms with Gasteiger partial charge in [0.15, 0.2) is 11.5 Å². The number of halogens is 4. The van der Waals surface area contributed by atoms with Gasteiger partial charge in [-0.2, -0.15) is 13.2 Å². The molecule has 0 spiro atoms. The Morgan fingerprint density at radius 3 is 2.42 bits per heavy atom. The van der Waals surface area contributed by atoms with Crippen LogP contribution in [0.15, 0.2) is 36.4 Å². The third kappa shape index (κ3) is 4.31. The fourth-order valence-corrected chi connectivity index (χ4v) is 4.83. The Bertz CT molecular complexity index is 934. The molecule has 2 aromatic rings. The first-order valence-corrected chi connectivity index (χ1v) is 10.4. The van der Waals surface area contributed by atoms with Crippen molar-refractivity contribution in [2.45, 2.75) is 37.5 Å². The third-order valence-electron chi connectivity index (χ3n) is 6.36. The van der Waals surface area contributed by atoms with Gasteiger partial charge in [-0.1, -0.05) is 6.07 Å². The average molecular weight is 438 g/mol. The Balaban J connectivity index is 1.54. The van der Waals surface area contributed by atoms with E-state index in [0.717, 1.165) is 43.5 Å². The summed E-state index contributed by atoms with van der Waals surface area (Å²) in [6, 6.07) is 9.70. The summed E-state index contributed by atoms with van der Waals surface area (Å²) in [5.74, 6) is 0.132. The second-order valence-corrected chi connectivity index (χ2v) is 8.06. The average Bonchev–Trinajstić information content (AvgIpc) is 2.77.